The van der Waals surface area contributed by atoms with Crippen LogP contribution in [0, 0.1) is 22.7 Å². The Morgan fingerprint density at radius 1 is 1.53 bits per heavy atom. The molecule has 2 rings (SSSR count). The number of methoxy groups -OCH3 is 1. The fourth-order valence-corrected chi connectivity index (χ4v) is 3.15. The topological polar surface area (TPSA) is 53.2 Å². The third kappa shape index (κ3) is 2.21. The van der Waals surface area contributed by atoms with Gasteiger partial charge in [0, 0.05) is 0 Å². The summed E-state index contributed by atoms with van der Waals surface area (Å²) >= 11 is 0. The fourth-order valence-electron chi connectivity index (χ4n) is 3.15. The van der Waals surface area contributed by atoms with Gasteiger partial charge in [0.05, 0.1) is 18.6 Å². The molecule has 102 valence electrons. The van der Waals surface area contributed by atoms with Gasteiger partial charge in [0.25, 0.3) is 0 Å². The third-order valence-corrected chi connectivity index (χ3v) is 4.54. The van der Waals surface area contributed by atoms with E-state index in [2.05, 4.69) is 13.0 Å². The molecule has 0 heterocycles. The first-order valence-corrected chi connectivity index (χ1v) is 6.73. The summed E-state index contributed by atoms with van der Waals surface area (Å²) < 4.78 is 5.21. The van der Waals surface area contributed by atoms with Gasteiger partial charge in [0.2, 0.25) is 0 Å². The number of ether oxygens (including phenoxy) is 1. The largest absolute Gasteiger partial charge is 0.497 e. The van der Waals surface area contributed by atoms with E-state index < -0.39 is 11.0 Å². The highest BCUT2D eigenvalue weighted by atomic mass is 16.5. The lowest BCUT2D eigenvalue weighted by Gasteiger charge is -2.38. The lowest BCUT2D eigenvalue weighted by Crippen LogP contribution is -2.41. The predicted molar refractivity (Wildman–Crippen MR) is 73.6 cm³/mol. The average molecular weight is 259 g/mol. The van der Waals surface area contributed by atoms with Crippen molar-refractivity contribution in [3.05, 3.63) is 29.8 Å². The molecule has 1 N–H and O–H groups in total. The molecule has 19 heavy (non-hydrogen) atoms. The van der Waals surface area contributed by atoms with Crippen LogP contribution in [0.15, 0.2) is 24.3 Å². The smallest absolute Gasteiger partial charge is 0.119 e. The van der Waals surface area contributed by atoms with Crippen LogP contribution in [0.4, 0.5) is 0 Å². The van der Waals surface area contributed by atoms with Crippen molar-refractivity contribution in [3.8, 4) is 11.8 Å². The van der Waals surface area contributed by atoms with Gasteiger partial charge in [-0.05, 0) is 49.8 Å². The molecule has 0 saturated heterocycles. The van der Waals surface area contributed by atoms with Crippen molar-refractivity contribution in [1.82, 2.24) is 0 Å². The third-order valence-electron chi connectivity index (χ3n) is 4.54. The van der Waals surface area contributed by atoms with Crippen molar-refractivity contribution < 1.29 is 9.84 Å². The molecule has 0 bridgehead atoms. The zero-order valence-corrected chi connectivity index (χ0v) is 11.8. The Hall–Kier alpha value is -1.53. The van der Waals surface area contributed by atoms with E-state index in [4.69, 9.17) is 4.74 Å². The fraction of sp³-hybridized carbons (Fsp3) is 0.562. The van der Waals surface area contributed by atoms with Crippen LogP contribution in [-0.4, -0.2) is 12.2 Å². The summed E-state index contributed by atoms with van der Waals surface area (Å²) in [7, 11) is 1.60. The van der Waals surface area contributed by atoms with Crippen LogP contribution in [0.25, 0.3) is 0 Å². The second-order valence-corrected chi connectivity index (χ2v) is 5.85. The van der Waals surface area contributed by atoms with Gasteiger partial charge in [-0.15, -0.1) is 0 Å². The second kappa shape index (κ2) is 4.86. The molecule has 0 aromatic heterocycles. The van der Waals surface area contributed by atoms with Crippen molar-refractivity contribution in [2.45, 2.75) is 38.7 Å². The highest BCUT2D eigenvalue weighted by Crippen LogP contribution is 2.53. The summed E-state index contributed by atoms with van der Waals surface area (Å²) in [5, 5.41) is 20.6. The minimum Gasteiger partial charge on any atom is -0.497 e. The van der Waals surface area contributed by atoms with Crippen molar-refractivity contribution in [2.75, 3.05) is 7.11 Å². The van der Waals surface area contributed by atoms with Crippen molar-refractivity contribution in [1.29, 1.82) is 5.26 Å². The monoisotopic (exact) mass is 259 g/mol. The number of hydrogen-bond donors (Lipinski definition) is 1. The van der Waals surface area contributed by atoms with Crippen molar-refractivity contribution >= 4 is 0 Å². The molecule has 3 nitrogen and oxygen atoms in total. The first kappa shape index (κ1) is 13.9. The molecule has 0 spiro atoms. The van der Waals surface area contributed by atoms with Gasteiger partial charge < -0.3 is 9.84 Å². The molecule has 1 aromatic rings. The maximum absolute atomic E-state index is 11.0. The Morgan fingerprint density at radius 3 is 2.79 bits per heavy atom. The second-order valence-electron chi connectivity index (χ2n) is 5.85. The summed E-state index contributed by atoms with van der Waals surface area (Å²) in [6.45, 7) is 3.89. The molecule has 1 saturated carbocycles. The molecule has 1 aromatic carbocycles. The molecule has 3 heteroatoms. The Kier molecular flexibility index (Phi) is 3.56. The van der Waals surface area contributed by atoms with Gasteiger partial charge >= 0.3 is 0 Å². The van der Waals surface area contributed by atoms with Gasteiger partial charge in [0.15, 0.2) is 0 Å². The van der Waals surface area contributed by atoms with Gasteiger partial charge in [0.1, 0.15) is 11.4 Å². The number of hydrogen-bond acceptors (Lipinski definition) is 3. The molecular formula is C16H21NO2. The van der Waals surface area contributed by atoms with Crippen molar-refractivity contribution in [3.63, 3.8) is 0 Å². The molecule has 0 amide bonds. The van der Waals surface area contributed by atoms with Crippen LogP contribution in [0.5, 0.6) is 5.75 Å². The SMILES string of the molecule is COc1cccc(C(C)(O)C2(C#N)CCC(C)C2)c1. The molecule has 1 aliphatic rings. The number of rotatable bonds is 3. The summed E-state index contributed by atoms with van der Waals surface area (Å²) in [4.78, 5) is 0. The van der Waals surface area contributed by atoms with E-state index in [1.54, 1.807) is 14.0 Å². The van der Waals surface area contributed by atoms with Gasteiger partial charge in [-0.25, -0.2) is 0 Å². The zero-order valence-electron chi connectivity index (χ0n) is 11.8. The average Bonchev–Trinajstić information content (AvgIpc) is 2.82. The lowest BCUT2D eigenvalue weighted by molar-refractivity contribution is -0.0439. The van der Waals surface area contributed by atoms with E-state index in [-0.39, 0.29) is 0 Å². The highest BCUT2D eigenvalue weighted by Gasteiger charge is 2.52. The Balaban J connectivity index is 2.43. The van der Waals surface area contributed by atoms with Gasteiger partial charge in [-0.3, -0.25) is 0 Å². The van der Waals surface area contributed by atoms with Crippen molar-refractivity contribution in [2.24, 2.45) is 11.3 Å². The van der Waals surface area contributed by atoms with Gasteiger partial charge in [-0.2, -0.15) is 5.26 Å². The maximum Gasteiger partial charge on any atom is 0.119 e. The van der Waals surface area contributed by atoms with Crippen LogP contribution in [0.2, 0.25) is 0 Å². The summed E-state index contributed by atoms with van der Waals surface area (Å²) in [6, 6.07) is 9.78. The summed E-state index contributed by atoms with van der Waals surface area (Å²) in [5.74, 6) is 1.19. The minimum absolute atomic E-state index is 0.483. The number of nitrogens with zero attached hydrogens (tertiary/aromatic N) is 1. The Labute approximate surface area is 114 Å². The van der Waals surface area contributed by atoms with Crippen LogP contribution in [0.1, 0.15) is 38.7 Å². The normalized spacial score (nSPS) is 29.5. The van der Waals surface area contributed by atoms with E-state index in [1.807, 2.05) is 24.3 Å². The first-order chi connectivity index (χ1) is 8.95. The number of benzene rings is 1. The quantitative estimate of drug-likeness (QED) is 0.906. The van der Waals surface area contributed by atoms with E-state index in [9.17, 15) is 10.4 Å². The number of nitriles is 1. The summed E-state index contributed by atoms with van der Waals surface area (Å²) in [6.07, 6.45) is 2.48. The lowest BCUT2D eigenvalue weighted by atomic mass is 9.68. The van der Waals surface area contributed by atoms with Crippen LogP contribution in [0.3, 0.4) is 0 Å². The first-order valence-electron chi connectivity index (χ1n) is 6.73. The summed E-state index contributed by atoms with van der Waals surface area (Å²) in [5.41, 5.74) is -1.10. The van der Waals surface area contributed by atoms with Crippen LogP contribution in [-0.2, 0) is 5.60 Å². The van der Waals surface area contributed by atoms with E-state index in [0.717, 1.165) is 24.8 Å². The van der Waals surface area contributed by atoms with Crippen LogP contribution < -0.4 is 4.74 Å². The number of aliphatic hydroxyl groups is 1. The molecule has 1 fully saturated rings. The molecule has 3 atom stereocenters. The zero-order chi connectivity index (χ0) is 14.1. The highest BCUT2D eigenvalue weighted by molar-refractivity contribution is 5.35. The van der Waals surface area contributed by atoms with Gasteiger partial charge in [-0.1, -0.05) is 19.1 Å². The Bertz CT molecular complexity index is 504. The van der Waals surface area contributed by atoms with E-state index >= 15 is 0 Å². The molecule has 1 aliphatic carbocycles. The van der Waals surface area contributed by atoms with E-state index in [0.29, 0.717) is 11.7 Å². The molecule has 3 unspecified atom stereocenters. The maximum atomic E-state index is 11.0. The predicted octanol–water partition coefficient (Wildman–Crippen LogP) is 3.23. The van der Waals surface area contributed by atoms with Crippen LogP contribution >= 0.6 is 0 Å². The Morgan fingerprint density at radius 2 is 2.26 bits per heavy atom. The molecule has 0 aliphatic heterocycles. The molecular weight excluding hydrogens is 238 g/mol. The standard InChI is InChI=1S/C16H21NO2/c1-12-7-8-16(10-12,11-17)15(2,18)13-5-4-6-14(9-13)19-3/h4-6,9,12,18H,7-8,10H2,1-3H3. The van der Waals surface area contributed by atoms with E-state index in [1.165, 1.54) is 0 Å². The minimum atomic E-state index is -1.15. The molecule has 0 radical (unpaired) electrons.